The highest BCUT2D eigenvalue weighted by molar-refractivity contribution is 5.97. The van der Waals surface area contributed by atoms with Crippen molar-refractivity contribution in [1.29, 1.82) is 0 Å². The standard InChI is InChI=1S/C61H44N6/c1-39-26-29-56-51(33-39)61(52-34-40(2)27-30-57(52)66(56)42-28-31-53-44(35-42)59-58(25-14-32-64-59)67(53)43-36-62-38-63-37-43)47-19-8-6-17-45(47)60(46-18-7-9-20-48(46)61)49-21-10-12-23-54(49)65(41-15-4-3-5-16-41)55-24-13-11-22-50(55)60/h3-30,32-38,53H,31H2,1-2H3. The molecule has 0 saturated carbocycles. The first-order chi connectivity index (χ1) is 33.1. The molecule has 6 heteroatoms. The highest BCUT2D eigenvalue weighted by Crippen LogP contribution is 2.68. The Morgan fingerprint density at radius 3 is 1.54 bits per heavy atom. The van der Waals surface area contributed by atoms with Crippen molar-refractivity contribution in [2.75, 3.05) is 14.7 Å². The van der Waals surface area contributed by atoms with Crippen molar-refractivity contribution in [3.05, 3.63) is 280 Å². The molecule has 0 fully saturated rings. The molecule has 1 atom stereocenters. The van der Waals surface area contributed by atoms with Crippen LogP contribution in [0.3, 0.4) is 0 Å². The van der Waals surface area contributed by atoms with Crippen LogP contribution in [0.25, 0.3) is 5.57 Å². The fourth-order valence-corrected chi connectivity index (χ4v) is 12.7. The van der Waals surface area contributed by atoms with Crippen LogP contribution in [0.4, 0.5) is 39.8 Å². The van der Waals surface area contributed by atoms with Gasteiger partial charge in [0.2, 0.25) is 0 Å². The lowest BCUT2D eigenvalue weighted by atomic mass is 9.49. The van der Waals surface area contributed by atoms with Gasteiger partial charge in [0.15, 0.2) is 0 Å². The van der Waals surface area contributed by atoms with Gasteiger partial charge in [-0.15, -0.1) is 0 Å². The molecule has 0 amide bonds. The van der Waals surface area contributed by atoms with Crippen LogP contribution in [-0.2, 0) is 10.8 Å². The Kier molecular flexibility index (Phi) is 7.98. The maximum atomic E-state index is 5.03. The zero-order chi connectivity index (χ0) is 44.4. The molecular formula is C61H44N6. The van der Waals surface area contributed by atoms with Crippen LogP contribution in [0, 0.1) is 13.8 Å². The van der Waals surface area contributed by atoms with Crippen molar-refractivity contribution >= 4 is 45.4 Å². The summed E-state index contributed by atoms with van der Waals surface area (Å²) in [6.07, 6.45) is 12.9. The molecule has 2 spiro atoms. The zero-order valence-electron chi connectivity index (χ0n) is 37.2. The van der Waals surface area contributed by atoms with Gasteiger partial charge in [-0.25, -0.2) is 9.97 Å². The van der Waals surface area contributed by atoms with Crippen molar-refractivity contribution in [2.45, 2.75) is 37.1 Å². The highest BCUT2D eigenvalue weighted by Gasteiger charge is 2.59. The van der Waals surface area contributed by atoms with E-state index >= 15 is 0 Å². The summed E-state index contributed by atoms with van der Waals surface area (Å²) in [5.41, 5.74) is 22.7. The van der Waals surface area contributed by atoms with Crippen LogP contribution >= 0.6 is 0 Å². The molecule has 6 nitrogen and oxygen atoms in total. The molecule has 0 radical (unpaired) electrons. The topological polar surface area (TPSA) is 48.4 Å². The fourth-order valence-electron chi connectivity index (χ4n) is 12.7. The quantitative estimate of drug-likeness (QED) is 0.176. The minimum absolute atomic E-state index is 0.0677. The van der Waals surface area contributed by atoms with Gasteiger partial charge in [-0.05, 0) is 119 Å². The van der Waals surface area contributed by atoms with E-state index in [1.165, 1.54) is 84.0 Å². The summed E-state index contributed by atoms with van der Waals surface area (Å²) in [5, 5.41) is 0. The number of anilines is 7. The number of aromatic nitrogens is 3. The summed E-state index contributed by atoms with van der Waals surface area (Å²) >= 11 is 0. The molecule has 0 saturated heterocycles. The number of hydrogen-bond acceptors (Lipinski definition) is 6. The number of allylic oxidation sites excluding steroid dienone is 1. The van der Waals surface area contributed by atoms with Crippen molar-refractivity contribution in [3.63, 3.8) is 0 Å². The number of fused-ring (bicyclic) bond motifs is 17. The minimum Gasteiger partial charge on any atom is -0.329 e. The van der Waals surface area contributed by atoms with E-state index in [0.29, 0.717) is 0 Å². The first-order valence-electron chi connectivity index (χ1n) is 23.3. The second kappa shape index (κ2) is 14.1. The van der Waals surface area contributed by atoms with E-state index < -0.39 is 10.8 Å². The van der Waals surface area contributed by atoms with E-state index in [4.69, 9.17) is 4.98 Å². The lowest BCUT2D eigenvalue weighted by Gasteiger charge is -2.56. The summed E-state index contributed by atoms with van der Waals surface area (Å²) in [6, 6.07) is 66.3. The van der Waals surface area contributed by atoms with Gasteiger partial charge in [-0.2, -0.15) is 0 Å². The molecular weight excluding hydrogens is 817 g/mol. The first kappa shape index (κ1) is 38.0. The predicted molar refractivity (Wildman–Crippen MR) is 269 cm³/mol. The van der Waals surface area contributed by atoms with Crippen molar-refractivity contribution in [3.8, 4) is 0 Å². The van der Waals surface area contributed by atoms with Crippen LogP contribution in [0.1, 0.15) is 67.7 Å². The largest absolute Gasteiger partial charge is 0.329 e. The van der Waals surface area contributed by atoms with Crippen molar-refractivity contribution in [2.24, 2.45) is 0 Å². The van der Waals surface area contributed by atoms with Gasteiger partial charge in [0.05, 0.1) is 69.1 Å². The number of hydrogen-bond donors (Lipinski definition) is 0. The van der Waals surface area contributed by atoms with E-state index in [9.17, 15) is 0 Å². The molecule has 67 heavy (non-hydrogen) atoms. The average Bonchev–Trinajstić information content (AvgIpc) is 3.71. The van der Waals surface area contributed by atoms with E-state index in [1.54, 1.807) is 6.33 Å². The monoisotopic (exact) mass is 860 g/mol. The van der Waals surface area contributed by atoms with Crippen LogP contribution < -0.4 is 14.7 Å². The average molecular weight is 861 g/mol. The molecule has 14 rings (SSSR count). The summed E-state index contributed by atoms with van der Waals surface area (Å²) in [6.45, 7) is 4.49. The smallest absolute Gasteiger partial charge is 0.115 e. The third kappa shape index (κ3) is 4.96. The first-order valence-corrected chi connectivity index (χ1v) is 23.3. The third-order valence-electron chi connectivity index (χ3n) is 15.1. The SMILES string of the molecule is Cc1ccc2c(c1)C1(c3cc(C)ccc3N2C2=CCC3C(=C2)c2ncccc2N3c2cncnc2)c2ccccc2C2(c3ccccc3N(c3ccccc3)c3ccccc32)c2ccccc21. The van der Waals surface area contributed by atoms with Gasteiger partial charge in [0.1, 0.15) is 6.33 Å². The maximum Gasteiger partial charge on any atom is 0.115 e. The van der Waals surface area contributed by atoms with Gasteiger partial charge in [-0.3, -0.25) is 4.98 Å². The normalized spacial score (nSPS) is 17.2. The number of benzene rings is 7. The Morgan fingerprint density at radius 1 is 0.463 bits per heavy atom. The molecule has 9 aromatic rings. The molecule has 5 heterocycles. The Bertz CT molecular complexity index is 3420. The van der Waals surface area contributed by atoms with E-state index in [2.05, 4.69) is 221 Å². The minimum atomic E-state index is -0.672. The third-order valence-corrected chi connectivity index (χ3v) is 15.1. The van der Waals surface area contributed by atoms with E-state index in [0.717, 1.165) is 34.9 Å². The van der Waals surface area contributed by atoms with Gasteiger partial charge in [0, 0.05) is 23.2 Å². The molecule has 7 aromatic carbocycles. The summed E-state index contributed by atoms with van der Waals surface area (Å²) in [5.74, 6) is 0. The van der Waals surface area contributed by atoms with Crippen LogP contribution in [0.15, 0.2) is 219 Å². The van der Waals surface area contributed by atoms with Gasteiger partial charge < -0.3 is 14.7 Å². The van der Waals surface area contributed by atoms with E-state index in [1.807, 2.05) is 24.7 Å². The van der Waals surface area contributed by atoms with Crippen molar-refractivity contribution in [1.82, 2.24) is 15.0 Å². The number of aryl methyl sites for hydroxylation is 2. The highest BCUT2D eigenvalue weighted by atomic mass is 15.2. The molecule has 2 aliphatic carbocycles. The molecule has 0 bridgehead atoms. The molecule has 318 valence electrons. The zero-order valence-corrected chi connectivity index (χ0v) is 37.2. The second-order valence-corrected chi connectivity index (χ2v) is 18.5. The predicted octanol–water partition coefficient (Wildman–Crippen LogP) is 13.7. The van der Waals surface area contributed by atoms with Crippen LogP contribution in [-0.4, -0.2) is 21.0 Å². The summed E-state index contributed by atoms with van der Waals surface area (Å²) in [7, 11) is 0. The van der Waals surface area contributed by atoms with Crippen LogP contribution in [0.5, 0.6) is 0 Å². The Hall–Kier alpha value is -8.35. The molecule has 5 aliphatic rings. The number of para-hydroxylation sites is 3. The summed E-state index contributed by atoms with van der Waals surface area (Å²) < 4.78 is 0. The molecule has 1 unspecified atom stereocenters. The maximum absolute atomic E-state index is 5.03. The van der Waals surface area contributed by atoms with Gasteiger partial charge >= 0.3 is 0 Å². The number of nitrogens with zero attached hydrogens (tertiary/aromatic N) is 6. The van der Waals surface area contributed by atoms with Gasteiger partial charge in [0.25, 0.3) is 0 Å². The van der Waals surface area contributed by atoms with Crippen molar-refractivity contribution < 1.29 is 0 Å². The van der Waals surface area contributed by atoms with E-state index in [-0.39, 0.29) is 6.04 Å². The molecule has 2 aromatic heterocycles. The fraction of sp³-hybridized carbons (Fsp3) is 0.0984. The Balaban J connectivity index is 1.04. The van der Waals surface area contributed by atoms with Crippen LogP contribution in [0.2, 0.25) is 0 Å². The second-order valence-electron chi connectivity index (χ2n) is 18.5. The Labute approximate surface area is 390 Å². The Morgan fingerprint density at radius 2 is 0.955 bits per heavy atom. The van der Waals surface area contributed by atoms with Gasteiger partial charge in [-0.1, -0.05) is 145 Å². The number of rotatable bonds is 3. The summed E-state index contributed by atoms with van der Waals surface area (Å²) in [4.78, 5) is 21.2. The lowest BCUT2D eigenvalue weighted by molar-refractivity contribution is 0.606. The lowest BCUT2D eigenvalue weighted by Crippen LogP contribution is -2.49. The molecule has 3 aliphatic heterocycles. The molecule has 0 N–H and O–H groups in total. The number of pyridine rings is 1.